The molecule has 1 aliphatic heterocycles. The van der Waals surface area contributed by atoms with E-state index in [0.29, 0.717) is 24.4 Å². The molecule has 3 aromatic rings. The van der Waals surface area contributed by atoms with E-state index in [2.05, 4.69) is 11.4 Å². The molecule has 5 nitrogen and oxygen atoms in total. The number of nitrogens with zero attached hydrogens (tertiary/aromatic N) is 1. The zero-order valence-corrected chi connectivity index (χ0v) is 16.1. The van der Waals surface area contributed by atoms with Crippen molar-refractivity contribution in [1.82, 2.24) is 5.32 Å². The number of thioether (sulfide) groups is 1. The number of carbonyl (C=O) groups is 2. The average molecular weight is 392 g/mol. The van der Waals surface area contributed by atoms with Crippen molar-refractivity contribution in [3.63, 3.8) is 0 Å². The van der Waals surface area contributed by atoms with Crippen LogP contribution >= 0.6 is 11.8 Å². The van der Waals surface area contributed by atoms with Gasteiger partial charge in [0, 0.05) is 17.1 Å². The first-order valence-electron chi connectivity index (χ1n) is 9.13. The molecule has 2 amide bonds. The molecule has 0 unspecified atom stereocenters. The highest BCUT2D eigenvalue weighted by Crippen LogP contribution is 2.29. The molecule has 6 heteroatoms. The van der Waals surface area contributed by atoms with Gasteiger partial charge in [0.1, 0.15) is 5.76 Å². The number of para-hydroxylation sites is 1. The van der Waals surface area contributed by atoms with Gasteiger partial charge < -0.3 is 14.6 Å². The third kappa shape index (κ3) is 3.97. The van der Waals surface area contributed by atoms with Gasteiger partial charge in [0.2, 0.25) is 5.91 Å². The van der Waals surface area contributed by atoms with Gasteiger partial charge in [0.05, 0.1) is 24.1 Å². The van der Waals surface area contributed by atoms with Crippen molar-refractivity contribution in [2.24, 2.45) is 0 Å². The molecule has 1 aliphatic rings. The van der Waals surface area contributed by atoms with Gasteiger partial charge in [-0.05, 0) is 42.3 Å². The van der Waals surface area contributed by atoms with Crippen molar-refractivity contribution in [3.05, 3.63) is 83.8 Å². The largest absolute Gasteiger partial charge is 0.467 e. The molecule has 0 saturated carbocycles. The smallest absolute Gasteiger partial charge is 0.252 e. The highest BCUT2D eigenvalue weighted by Gasteiger charge is 2.24. The highest BCUT2D eigenvalue weighted by molar-refractivity contribution is 8.00. The standard InChI is InChI=1S/C22H20N2O3S/c25-21(24-12-11-16-6-1-3-9-19(16)24)15-28-20-10-4-2-8-18(20)22(26)23-14-17-7-5-13-27-17/h1-10,13H,11-12,14-15H2,(H,23,26). The lowest BCUT2D eigenvalue weighted by molar-refractivity contribution is -0.116. The molecular formula is C22H20N2O3S. The second-order valence-corrected chi connectivity index (χ2v) is 7.49. The second kappa shape index (κ2) is 8.35. The fourth-order valence-electron chi connectivity index (χ4n) is 3.27. The molecule has 0 spiro atoms. The van der Waals surface area contributed by atoms with Crippen LogP contribution < -0.4 is 10.2 Å². The van der Waals surface area contributed by atoms with Crippen LogP contribution in [0.25, 0.3) is 0 Å². The number of amides is 2. The maximum absolute atomic E-state index is 12.7. The molecule has 0 saturated heterocycles. The zero-order chi connectivity index (χ0) is 19.3. The first-order chi connectivity index (χ1) is 13.7. The van der Waals surface area contributed by atoms with Crippen LogP contribution in [0.1, 0.15) is 21.7 Å². The maximum atomic E-state index is 12.7. The number of fused-ring (bicyclic) bond motifs is 1. The van der Waals surface area contributed by atoms with Crippen LogP contribution in [0.15, 0.2) is 76.2 Å². The van der Waals surface area contributed by atoms with Crippen molar-refractivity contribution in [2.45, 2.75) is 17.9 Å². The number of anilines is 1. The number of carbonyl (C=O) groups excluding carboxylic acids is 2. The van der Waals surface area contributed by atoms with Crippen LogP contribution in [0.2, 0.25) is 0 Å². The summed E-state index contributed by atoms with van der Waals surface area (Å²) < 4.78 is 5.24. The summed E-state index contributed by atoms with van der Waals surface area (Å²) in [6.45, 7) is 1.04. The number of hydrogen-bond donors (Lipinski definition) is 1. The summed E-state index contributed by atoms with van der Waals surface area (Å²) in [6, 6.07) is 18.9. The minimum atomic E-state index is -0.182. The third-order valence-corrected chi connectivity index (χ3v) is 5.73. The normalized spacial score (nSPS) is 12.6. The Balaban J connectivity index is 1.40. The summed E-state index contributed by atoms with van der Waals surface area (Å²) in [7, 11) is 0. The number of hydrogen-bond acceptors (Lipinski definition) is 4. The van der Waals surface area contributed by atoms with Crippen LogP contribution in [0.4, 0.5) is 5.69 Å². The quantitative estimate of drug-likeness (QED) is 0.647. The van der Waals surface area contributed by atoms with Crippen molar-refractivity contribution >= 4 is 29.3 Å². The Morgan fingerprint density at radius 1 is 1.04 bits per heavy atom. The zero-order valence-electron chi connectivity index (χ0n) is 15.3. The molecule has 0 aliphatic carbocycles. The Hall–Kier alpha value is -2.99. The van der Waals surface area contributed by atoms with Crippen molar-refractivity contribution in [3.8, 4) is 0 Å². The average Bonchev–Trinajstić information content (AvgIpc) is 3.40. The van der Waals surface area contributed by atoms with Crippen molar-refractivity contribution < 1.29 is 14.0 Å². The van der Waals surface area contributed by atoms with E-state index >= 15 is 0 Å². The van der Waals surface area contributed by atoms with Gasteiger partial charge in [0.15, 0.2) is 0 Å². The van der Waals surface area contributed by atoms with Crippen LogP contribution in [0.5, 0.6) is 0 Å². The Morgan fingerprint density at radius 2 is 1.86 bits per heavy atom. The van der Waals surface area contributed by atoms with Gasteiger partial charge >= 0.3 is 0 Å². The van der Waals surface area contributed by atoms with E-state index in [0.717, 1.165) is 17.0 Å². The molecule has 142 valence electrons. The lowest BCUT2D eigenvalue weighted by Gasteiger charge is -2.17. The van der Waals surface area contributed by atoms with E-state index in [1.165, 1.54) is 17.3 Å². The number of rotatable bonds is 6. The summed E-state index contributed by atoms with van der Waals surface area (Å²) >= 11 is 1.39. The van der Waals surface area contributed by atoms with Crippen LogP contribution in [-0.4, -0.2) is 24.1 Å². The molecule has 1 aromatic heterocycles. The molecule has 28 heavy (non-hydrogen) atoms. The second-order valence-electron chi connectivity index (χ2n) is 6.47. The molecule has 0 fully saturated rings. The molecule has 2 heterocycles. The summed E-state index contributed by atoms with van der Waals surface area (Å²) in [5.74, 6) is 0.858. The summed E-state index contributed by atoms with van der Waals surface area (Å²) in [5.41, 5.74) is 2.77. The predicted octanol–water partition coefficient (Wildman–Crippen LogP) is 3.89. The summed E-state index contributed by atoms with van der Waals surface area (Å²) in [5, 5.41) is 2.86. The molecule has 1 N–H and O–H groups in total. The SMILES string of the molecule is O=C(NCc1ccco1)c1ccccc1SCC(=O)N1CCc2ccccc21. The predicted molar refractivity (Wildman–Crippen MR) is 110 cm³/mol. The van der Waals surface area contributed by atoms with E-state index in [1.807, 2.05) is 47.4 Å². The lowest BCUT2D eigenvalue weighted by atomic mass is 10.2. The van der Waals surface area contributed by atoms with Crippen molar-refractivity contribution in [2.75, 3.05) is 17.2 Å². The van der Waals surface area contributed by atoms with E-state index in [1.54, 1.807) is 18.4 Å². The molecule has 0 radical (unpaired) electrons. The Kier molecular flexibility index (Phi) is 5.48. The first kappa shape index (κ1) is 18.4. The van der Waals surface area contributed by atoms with Gasteiger partial charge in [-0.3, -0.25) is 9.59 Å². The number of benzene rings is 2. The maximum Gasteiger partial charge on any atom is 0.252 e. The molecular weight excluding hydrogens is 372 g/mol. The fourth-order valence-corrected chi connectivity index (χ4v) is 4.20. The molecule has 0 bridgehead atoms. The Morgan fingerprint density at radius 3 is 2.71 bits per heavy atom. The topological polar surface area (TPSA) is 62.6 Å². The van der Waals surface area contributed by atoms with Crippen LogP contribution in [0.3, 0.4) is 0 Å². The van der Waals surface area contributed by atoms with Gasteiger partial charge in [-0.25, -0.2) is 0 Å². The minimum Gasteiger partial charge on any atom is -0.467 e. The highest BCUT2D eigenvalue weighted by atomic mass is 32.2. The molecule has 2 aromatic carbocycles. The molecule has 0 atom stereocenters. The monoisotopic (exact) mass is 392 g/mol. The van der Waals surface area contributed by atoms with Gasteiger partial charge in [0.25, 0.3) is 5.91 Å². The number of nitrogens with one attached hydrogen (secondary N) is 1. The van der Waals surface area contributed by atoms with Crippen molar-refractivity contribution in [1.29, 1.82) is 0 Å². The first-order valence-corrected chi connectivity index (χ1v) is 10.1. The summed E-state index contributed by atoms with van der Waals surface area (Å²) in [6.07, 6.45) is 2.46. The van der Waals surface area contributed by atoms with Crippen LogP contribution in [0, 0.1) is 0 Å². The van der Waals surface area contributed by atoms with E-state index in [9.17, 15) is 9.59 Å². The Bertz CT molecular complexity index is 985. The van der Waals surface area contributed by atoms with Gasteiger partial charge in [-0.2, -0.15) is 0 Å². The third-order valence-electron chi connectivity index (χ3n) is 4.67. The van der Waals surface area contributed by atoms with E-state index in [-0.39, 0.29) is 17.6 Å². The summed E-state index contributed by atoms with van der Waals surface area (Å²) in [4.78, 5) is 27.9. The number of furan rings is 1. The van der Waals surface area contributed by atoms with Gasteiger partial charge in [-0.15, -0.1) is 11.8 Å². The van der Waals surface area contributed by atoms with E-state index in [4.69, 9.17) is 4.42 Å². The fraction of sp³-hybridized carbons (Fsp3) is 0.182. The van der Waals surface area contributed by atoms with Crippen LogP contribution in [-0.2, 0) is 17.8 Å². The Labute approximate surface area is 167 Å². The van der Waals surface area contributed by atoms with Gasteiger partial charge in [-0.1, -0.05) is 30.3 Å². The minimum absolute atomic E-state index is 0.0562. The lowest BCUT2D eigenvalue weighted by Crippen LogP contribution is -2.30. The molecule has 4 rings (SSSR count). The van der Waals surface area contributed by atoms with E-state index < -0.39 is 0 Å².